The Morgan fingerprint density at radius 1 is 1.73 bits per heavy atom. The van der Waals surface area contributed by atoms with Gasteiger partial charge in [0.05, 0.1) is 13.2 Å². The average molecular weight is 158 g/mol. The van der Waals surface area contributed by atoms with E-state index in [0.29, 0.717) is 13.1 Å². The highest BCUT2D eigenvalue weighted by atomic mass is 16.3. The van der Waals surface area contributed by atoms with Gasteiger partial charge in [0.1, 0.15) is 0 Å². The minimum atomic E-state index is -0.389. The van der Waals surface area contributed by atoms with Crippen LogP contribution in [0.4, 0.5) is 0 Å². The first-order chi connectivity index (χ1) is 5.20. The highest BCUT2D eigenvalue weighted by molar-refractivity contribution is 5.75. The second kappa shape index (κ2) is 5.88. The molecule has 4 heteroatoms. The molecule has 0 fully saturated rings. The van der Waals surface area contributed by atoms with Crippen molar-refractivity contribution in [1.29, 1.82) is 0 Å². The second-order valence-electron chi connectivity index (χ2n) is 2.21. The van der Waals surface area contributed by atoms with Gasteiger partial charge >= 0.3 is 0 Å². The summed E-state index contributed by atoms with van der Waals surface area (Å²) in [6.07, 6.45) is 1.67. The van der Waals surface area contributed by atoms with Gasteiger partial charge in [-0.1, -0.05) is 6.08 Å². The maximum Gasteiger partial charge on any atom is 0.231 e. The SMILES string of the molecule is C=CCN(CCO)CC(N)=O. The van der Waals surface area contributed by atoms with Crippen molar-refractivity contribution in [2.75, 3.05) is 26.2 Å². The molecule has 0 aromatic heterocycles. The molecule has 0 spiro atoms. The lowest BCUT2D eigenvalue weighted by Crippen LogP contribution is -2.35. The molecule has 0 aromatic carbocycles. The molecule has 0 rings (SSSR count). The topological polar surface area (TPSA) is 66.6 Å². The number of rotatable bonds is 6. The third-order valence-electron chi connectivity index (χ3n) is 1.18. The lowest BCUT2D eigenvalue weighted by atomic mass is 10.4. The molecular formula is C7H14N2O2. The molecule has 0 heterocycles. The van der Waals surface area contributed by atoms with Crippen LogP contribution in [-0.4, -0.2) is 42.2 Å². The van der Waals surface area contributed by atoms with E-state index < -0.39 is 0 Å². The largest absolute Gasteiger partial charge is 0.395 e. The van der Waals surface area contributed by atoms with E-state index in [1.165, 1.54) is 0 Å². The lowest BCUT2D eigenvalue weighted by Gasteiger charge is -2.16. The van der Waals surface area contributed by atoms with Gasteiger partial charge in [-0.3, -0.25) is 9.69 Å². The van der Waals surface area contributed by atoms with E-state index in [1.807, 2.05) is 0 Å². The van der Waals surface area contributed by atoms with Gasteiger partial charge < -0.3 is 10.8 Å². The highest BCUT2D eigenvalue weighted by Gasteiger charge is 2.04. The van der Waals surface area contributed by atoms with E-state index in [2.05, 4.69) is 6.58 Å². The average Bonchev–Trinajstić information content (AvgIpc) is 1.87. The summed E-state index contributed by atoms with van der Waals surface area (Å²) < 4.78 is 0. The molecule has 0 bridgehead atoms. The molecule has 0 aliphatic rings. The molecule has 0 unspecified atom stereocenters. The van der Waals surface area contributed by atoms with Gasteiger partial charge in [-0.2, -0.15) is 0 Å². The van der Waals surface area contributed by atoms with Crippen LogP contribution >= 0.6 is 0 Å². The summed E-state index contributed by atoms with van der Waals surface area (Å²) in [6, 6.07) is 0. The summed E-state index contributed by atoms with van der Waals surface area (Å²) in [6.45, 7) is 4.74. The molecule has 64 valence electrons. The third-order valence-corrected chi connectivity index (χ3v) is 1.18. The first-order valence-electron chi connectivity index (χ1n) is 3.43. The maximum absolute atomic E-state index is 10.4. The zero-order chi connectivity index (χ0) is 8.69. The second-order valence-corrected chi connectivity index (χ2v) is 2.21. The normalized spacial score (nSPS) is 10.0. The Labute approximate surface area is 66.3 Å². The number of primary amides is 1. The number of carbonyl (C=O) groups excluding carboxylic acids is 1. The van der Waals surface area contributed by atoms with Crippen molar-refractivity contribution in [2.24, 2.45) is 5.73 Å². The Kier molecular flexibility index (Phi) is 5.42. The van der Waals surface area contributed by atoms with Crippen LogP contribution in [0.2, 0.25) is 0 Å². The van der Waals surface area contributed by atoms with Gasteiger partial charge in [0, 0.05) is 13.1 Å². The summed E-state index contributed by atoms with van der Waals surface area (Å²) >= 11 is 0. The minimum Gasteiger partial charge on any atom is -0.395 e. The van der Waals surface area contributed by atoms with Gasteiger partial charge in [0.25, 0.3) is 0 Å². The van der Waals surface area contributed by atoms with Crippen molar-refractivity contribution in [3.05, 3.63) is 12.7 Å². The number of nitrogens with zero attached hydrogens (tertiary/aromatic N) is 1. The van der Waals surface area contributed by atoms with Crippen LogP contribution in [0.15, 0.2) is 12.7 Å². The van der Waals surface area contributed by atoms with Gasteiger partial charge in [0.2, 0.25) is 5.91 Å². The van der Waals surface area contributed by atoms with E-state index >= 15 is 0 Å². The molecule has 0 saturated carbocycles. The fourth-order valence-corrected chi connectivity index (χ4v) is 0.779. The summed E-state index contributed by atoms with van der Waals surface area (Å²) in [5, 5.41) is 8.55. The standard InChI is InChI=1S/C7H14N2O2/c1-2-3-9(4-5-10)6-7(8)11/h2,10H,1,3-6H2,(H2,8,11). The molecule has 11 heavy (non-hydrogen) atoms. The fourth-order valence-electron chi connectivity index (χ4n) is 0.779. The quantitative estimate of drug-likeness (QED) is 0.485. The highest BCUT2D eigenvalue weighted by Crippen LogP contribution is 1.85. The van der Waals surface area contributed by atoms with E-state index in [-0.39, 0.29) is 19.1 Å². The predicted octanol–water partition coefficient (Wildman–Crippen LogP) is -1.05. The van der Waals surface area contributed by atoms with E-state index in [9.17, 15) is 4.79 Å². The Bertz CT molecular complexity index is 136. The first kappa shape index (κ1) is 10.1. The molecule has 0 aliphatic carbocycles. The van der Waals surface area contributed by atoms with Crippen LogP contribution in [0.25, 0.3) is 0 Å². The number of nitrogens with two attached hydrogens (primary N) is 1. The van der Waals surface area contributed by atoms with Crippen molar-refractivity contribution >= 4 is 5.91 Å². The van der Waals surface area contributed by atoms with E-state index in [1.54, 1.807) is 11.0 Å². The van der Waals surface area contributed by atoms with Crippen LogP contribution in [0.3, 0.4) is 0 Å². The minimum absolute atomic E-state index is 0.0289. The summed E-state index contributed by atoms with van der Waals surface area (Å²) in [5.41, 5.74) is 4.96. The molecule has 0 atom stereocenters. The van der Waals surface area contributed by atoms with Crippen molar-refractivity contribution in [3.63, 3.8) is 0 Å². The van der Waals surface area contributed by atoms with Crippen LogP contribution in [0.1, 0.15) is 0 Å². The molecule has 0 aromatic rings. The molecule has 4 nitrogen and oxygen atoms in total. The van der Waals surface area contributed by atoms with E-state index in [0.717, 1.165) is 0 Å². The number of hydrogen-bond donors (Lipinski definition) is 2. The Morgan fingerprint density at radius 2 is 2.36 bits per heavy atom. The Balaban J connectivity index is 3.67. The molecule has 0 saturated heterocycles. The molecule has 3 N–H and O–H groups in total. The van der Waals surface area contributed by atoms with E-state index in [4.69, 9.17) is 10.8 Å². The summed E-state index contributed by atoms with van der Waals surface area (Å²) in [5.74, 6) is -0.389. The molecule has 0 aliphatic heterocycles. The first-order valence-corrected chi connectivity index (χ1v) is 3.43. The number of aliphatic hydroxyl groups is 1. The van der Waals surface area contributed by atoms with Crippen molar-refractivity contribution in [1.82, 2.24) is 4.90 Å². The zero-order valence-corrected chi connectivity index (χ0v) is 6.49. The van der Waals surface area contributed by atoms with Crippen LogP contribution in [0, 0.1) is 0 Å². The van der Waals surface area contributed by atoms with Crippen LogP contribution < -0.4 is 5.73 Å². The zero-order valence-electron chi connectivity index (χ0n) is 6.49. The summed E-state index contributed by atoms with van der Waals surface area (Å²) in [7, 11) is 0. The monoisotopic (exact) mass is 158 g/mol. The van der Waals surface area contributed by atoms with Crippen LogP contribution in [0.5, 0.6) is 0 Å². The number of amides is 1. The number of hydrogen-bond acceptors (Lipinski definition) is 3. The third kappa shape index (κ3) is 5.57. The van der Waals surface area contributed by atoms with Crippen molar-refractivity contribution in [3.8, 4) is 0 Å². The molecule has 0 radical (unpaired) electrons. The Morgan fingerprint density at radius 3 is 2.73 bits per heavy atom. The number of carbonyl (C=O) groups is 1. The van der Waals surface area contributed by atoms with Crippen LogP contribution in [-0.2, 0) is 4.79 Å². The molecular weight excluding hydrogens is 144 g/mol. The number of aliphatic hydroxyl groups excluding tert-OH is 1. The maximum atomic E-state index is 10.4. The predicted molar refractivity (Wildman–Crippen MR) is 42.9 cm³/mol. The van der Waals surface area contributed by atoms with Gasteiger partial charge in [0.15, 0.2) is 0 Å². The fraction of sp³-hybridized carbons (Fsp3) is 0.571. The van der Waals surface area contributed by atoms with Crippen molar-refractivity contribution in [2.45, 2.75) is 0 Å². The Hall–Kier alpha value is -0.870. The van der Waals surface area contributed by atoms with Gasteiger partial charge in [-0.05, 0) is 0 Å². The summed E-state index contributed by atoms with van der Waals surface area (Å²) in [4.78, 5) is 12.1. The van der Waals surface area contributed by atoms with Crippen molar-refractivity contribution < 1.29 is 9.90 Å². The van der Waals surface area contributed by atoms with Gasteiger partial charge in [-0.25, -0.2) is 0 Å². The lowest BCUT2D eigenvalue weighted by molar-refractivity contribution is -0.119. The van der Waals surface area contributed by atoms with Gasteiger partial charge in [-0.15, -0.1) is 6.58 Å². The smallest absolute Gasteiger partial charge is 0.231 e. The molecule has 1 amide bonds.